The minimum atomic E-state index is -3.97. The molecule has 11 heteroatoms. The van der Waals surface area contributed by atoms with Crippen LogP contribution in [-0.4, -0.2) is 97.8 Å². The molecule has 36 heavy (non-hydrogen) atoms. The van der Waals surface area contributed by atoms with Gasteiger partial charge in [-0.15, -0.1) is 0 Å². The molecule has 0 spiro atoms. The van der Waals surface area contributed by atoms with Crippen molar-refractivity contribution >= 4 is 27.3 Å². The fourth-order valence-corrected chi connectivity index (χ4v) is 5.63. The molecule has 10 nitrogen and oxygen atoms in total. The zero-order chi connectivity index (χ0) is 25.7. The maximum Gasteiger partial charge on any atom is 0.262 e. The molecule has 0 atom stereocenters. The summed E-state index contributed by atoms with van der Waals surface area (Å²) < 4.78 is 40.1. The number of sulfonamides is 1. The van der Waals surface area contributed by atoms with Crippen LogP contribution in [0.3, 0.4) is 0 Å². The number of anilines is 2. The summed E-state index contributed by atoms with van der Waals surface area (Å²) in [6, 6.07) is 9.75. The largest absolute Gasteiger partial charge is 0.493 e. The molecule has 196 valence electrons. The number of hydrogen-bond acceptors (Lipinski definition) is 8. The van der Waals surface area contributed by atoms with E-state index in [0.717, 1.165) is 51.4 Å². The Morgan fingerprint density at radius 2 is 1.67 bits per heavy atom. The standard InChI is InChI=1S/C25H35N5O5S/c1-28-11-4-12-30(16-15-28)25(31)19-5-7-22(29-13-9-26-10-14-29)21(17-19)27-36(32,33)20-6-8-23(34-2)24(18-20)35-3/h5-8,17-18,26-27H,4,9-16H2,1-3H3. The number of rotatable bonds is 7. The highest BCUT2D eigenvalue weighted by atomic mass is 32.2. The van der Waals surface area contributed by atoms with Gasteiger partial charge in [-0.2, -0.15) is 0 Å². The molecule has 0 bridgehead atoms. The van der Waals surface area contributed by atoms with Gasteiger partial charge in [0.2, 0.25) is 0 Å². The third kappa shape index (κ3) is 5.85. The molecular weight excluding hydrogens is 482 g/mol. The summed E-state index contributed by atoms with van der Waals surface area (Å²) in [5, 5.41) is 3.31. The van der Waals surface area contributed by atoms with Gasteiger partial charge in [-0.1, -0.05) is 0 Å². The van der Waals surface area contributed by atoms with Gasteiger partial charge in [0.25, 0.3) is 15.9 Å². The van der Waals surface area contributed by atoms with Crippen molar-refractivity contribution < 1.29 is 22.7 Å². The second-order valence-corrected chi connectivity index (χ2v) is 10.7. The van der Waals surface area contributed by atoms with Gasteiger partial charge < -0.3 is 29.5 Å². The van der Waals surface area contributed by atoms with Gasteiger partial charge in [-0.05, 0) is 50.3 Å². The molecule has 2 saturated heterocycles. The average molecular weight is 518 g/mol. The van der Waals surface area contributed by atoms with E-state index in [9.17, 15) is 13.2 Å². The van der Waals surface area contributed by atoms with Crippen LogP contribution in [0.25, 0.3) is 0 Å². The van der Waals surface area contributed by atoms with E-state index in [0.29, 0.717) is 35.8 Å². The highest BCUT2D eigenvalue weighted by Gasteiger charge is 2.24. The third-order valence-corrected chi connectivity index (χ3v) is 7.98. The van der Waals surface area contributed by atoms with Crippen LogP contribution in [0.15, 0.2) is 41.3 Å². The summed E-state index contributed by atoms with van der Waals surface area (Å²) in [4.78, 5) is 19.6. The van der Waals surface area contributed by atoms with Crippen molar-refractivity contribution in [2.45, 2.75) is 11.3 Å². The molecule has 2 heterocycles. The van der Waals surface area contributed by atoms with Crippen LogP contribution in [0, 0.1) is 0 Å². The van der Waals surface area contributed by atoms with E-state index >= 15 is 0 Å². The number of carbonyl (C=O) groups is 1. The van der Waals surface area contributed by atoms with Crippen LogP contribution in [0.4, 0.5) is 11.4 Å². The molecule has 2 N–H and O–H groups in total. The van der Waals surface area contributed by atoms with Gasteiger partial charge in [0.15, 0.2) is 11.5 Å². The third-order valence-electron chi connectivity index (χ3n) is 6.62. The van der Waals surface area contributed by atoms with Crippen molar-refractivity contribution in [3.8, 4) is 11.5 Å². The first kappa shape index (κ1) is 26.1. The number of carbonyl (C=O) groups excluding carboxylic acids is 1. The van der Waals surface area contributed by atoms with Crippen molar-refractivity contribution in [2.24, 2.45) is 0 Å². The fraction of sp³-hybridized carbons (Fsp3) is 0.480. The van der Waals surface area contributed by atoms with Gasteiger partial charge >= 0.3 is 0 Å². The summed E-state index contributed by atoms with van der Waals surface area (Å²) in [6.07, 6.45) is 0.903. The fourth-order valence-electron chi connectivity index (χ4n) is 4.55. The molecule has 0 aromatic heterocycles. The van der Waals surface area contributed by atoms with Crippen LogP contribution in [0.5, 0.6) is 11.5 Å². The highest BCUT2D eigenvalue weighted by Crippen LogP contribution is 2.33. The lowest BCUT2D eigenvalue weighted by molar-refractivity contribution is 0.0763. The van der Waals surface area contributed by atoms with Gasteiger partial charge in [-0.25, -0.2) is 8.42 Å². The van der Waals surface area contributed by atoms with Crippen LogP contribution in [-0.2, 0) is 10.0 Å². The van der Waals surface area contributed by atoms with Crippen molar-refractivity contribution in [1.29, 1.82) is 0 Å². The highest BCUT2D eigenvalue weighted by molar-refractivity contribution is 7.92. The van der Waals surface area contributed by atoms with E-state index in [1.54, 1.807) is 18.2 Å². The number of benzene rings is 2. The van der Waals surface area contributed by atoms with Gasteiger partial charge in [0.05, 0.1) is 30.5 Å². The maximum absolute atomic E-state index is 13.4. The lowest BCUT2D eigenvalue weighted by Crippen LogP contribution is -2.43. The maximum atomic E-state index is 13.4. The lowest BCUT2D eigenvalue weighted by atomic mass is 10.1. The molecule has 2 aromatic rings. The number of methoxy groups -OCH3 is 2. The Balaban J connectivity index is 1.68. The first-order valence-corrected chi connectivity index (χ1v) is 13.6. The second-order valence-electron chi connectivity index (χ2n) is 9.04. The smallest absolute Gasteiger partial charge is 0.262 e. The lowest BCUT2D eigenvalue weighted by Gasteiger charge is -2.31. The quantitative estimate of drug-likeness (QED) is 0.572. The predicted molar refractivity (Wildman–Crippen MR) is 140 cm³/mol. The summed E-state index contributed by atoms with van der Waals surface area (Å²) >= 11 is 0. The number of nitrogens with one attached hydrogen (secondary N) is 2. The van der Waals surface area contributed by atoms with Crippen molar-refractivity contribution in [1.82, 2.24) is 15.1 Å². The molecule has 2 aromatic carbocycles. The van der Waals surface area contributed by atoms with Crippen molar-refractivity contribution in [3.05, 3.63) is 42.0 Å². The molecule has 0 saturated carbocycles. The molecule has 0 aliphatic carbocycles. The zero-order valence-electron chi connectivity index (χ0n) is 21.1. The normalized spacial score (nSPS) is 17.4. The summed E-state index contributed by atoms with van der Waals surface area (Å²) in [6.45, 7) is 6.13. The molecule has 1 amide bonds. The van der Waals surface area contributed by atoms with Crippen LogP contribution < -0.4 is 24.4 Å². The molecule has 0 radical (unpaired) electrons. The Morgan fingerprint density at radius 3 is 2.39 bits per heavy atom. The molecular formula is C25H35N5O5S. The molecule has 2 aliphatic rings. The van der Waals surface area contributed by atoms with Crippen LogP contribution in [0.2, 0.25) is 0 Å². The van der Waals surface area contributed by atoms with Gasteiger partial charge in [0.1, 0.15) is 0 Å². The van der Waals surface area contributed by atoms with Crippen LogP contribution in [0.1, 0.15) is 16.8 Å². The minimum absolute atomic E-state index is 0.0405. The van der Waals surface area contributed by atoms with Gasteiger partial charge in [0, 0.05) is 57.4 Å². The molecule has 4 rings (SSSR count). The Kier molecular flexibility index (Phi) is 8.22. The number of nitrogens with zero attached hydrogens (tertiary/aromatic N) is 3. The average Bonchev–Trinajstić information content (AvgIpc) is 3.12. The SMILES string of the molecule is COc1ccc(S(=O)(=O)Nc2cc(C(=O)N3CCCN(C)CC3)ccc2N2CCNCC2)cc1OC. The Hall–Kier alpha value is -3.02. The number of ether oxygens (including phenoxy) is 2. The number of amides is 1. The summed E-state index contributed by atoms with van der Waals surface area (Å²) in [5.41, 5.74) is 1.58. The van der Waals surface area contributed by atoms with Crippen molar-refractivity contribution in [2.75, 3.05) is 83.2 Å². The monoisotopic (exact) mass is 517 g/mol. The topological polar surface area (TPSA) is 103 Å². The molecule has 2 aliphatic heterocycles. The van der Waals surface area contributed by atoms with E-state index in [1.807, 2.05) is 11.0 Å². The number of piperazine rings is 1. The summed E-state index contributed by atoms with van der Waals surface area (Å²) in [7, 11) is 1.03. The van der Waals surface area contributed by atoms with Crippen molar-refractivity contribution in [3.63, 3.8) is 0 Å². The Bertz CT molecular complexity index is 1180. The predicted octanol–water partition coefficient (Wildman–Crippen LogP) is 1.69. The van der Waals surface area contributed by atoms with E-state index < -0.39 is 10.0 Å². The number of hydrogen-bond donors (Lipinski definition) is 2. The van der Waals surface area contributed by atoms with Gasteiger partial charge in [-0.3, -0.25) is 9.52 Å². The van der Waals surface area contributed by atoms with E-state index in [4.69, 9.17) is 9.47 Å². The van der Waals surface area contributed by atoms with E-state index in [1.165, 1.54) is 26.4 Å². The summed E-state index contributed by atoms with van der Waals surface area (Å²) in [5.74, 6) is 0.662. The van der Waals surface area contributed by atoms with Crippen LogP contribution >= 0.6 is 0 Å². The second kappa shape index (κ2) is 11.4. The molecule has 2 fully saturated rings. The van der Waals surface area contributed by atoms with E-state index in [2.05, 4.69) is 26.9 Å². The number of likely N-dealkylation sites (N-methyl/N-ethyl adjacent to an activating group) is 1. The first-order valence-electron chi connectivity index (χ1n) is 12.1. The van der Waals surface area contributed by atoms with E-state index in [-0.39, 0.29) is 10.8 Å². The first-order chi connectivity index (χ1) is 17.3. The zero-order valence-corrected chi connectivity index (χ0v) is 21.9. The Labute approximate surface area is 213 Å². The Morgan fingerprint density at radius 1 is 0.917 bits per heavy atom. The minimum Gasteiger partial charge on any atom is -0.493 e. The molecule has 0 unspecified atom stereocenters.